The summed E-state index contributed by atoms with van der Waals surface area (Å²) in [5.74, 6) is -7.97. The first kappa shape index (κ1) is 35.2. The minimum absolute atomic E-state index is 0.0209. The van der Waals surface area contributed by atoms with E-state index in [9.17, 15) is 40.7 Å². The summed E-state index contributed by atoms with van der Waals surface area (Å²) < 4.78 is 86.3. The molecule has 0 aromatic heterocycles. The lowest BCUT2D eigenvalue weighted by atomic mass is 10.0. The van der Waals surface area contributed by atoms with Gasteiger partial charge in [-0.15, -0.1) is 23.2 Å². The minimum Gasteiger partial charge on any atom is -0.444 e. The SMILES string of the molecule is Cc1c(F)c(NC(=O)OC(C)(C)C)cc(NC(=O)c2cc(NC(=O)[C@H]3[C@H](c4ccc(F)c(C(F)(F)F)c4)C3(Cl)Cl)ccc2Cl)c1F. The third kappa shape index (κ3) is 7.48. The van der Waals surface area contributed by atoms with Gasteiger partial charge in [0, 0.05) is 17.2 Å². The number of rotatable bonds is 6. The summed E-state index contributed by atoms with van der Waals surface area (Å²) in [6.07, 6.45) is -6.03. The molecule has 0 radical (unpaired) electrons. The molecular weight excluding hydrogens is 687 g/mol. The lowest BCUT2D eigenvalue weighted by Gasteiger charge is -2.20. The maximum Gasteiger partial charge on any atom is 0.419 e. The summed E-state index contributed by atoms with van der Waals surface area (Å²) in [4.78, 5) is 38.3. The average molecular weight is 711 g/mol. The molecule has 7 nitrogen and oxygen atoms in total. The van der Waals surface area contributed by atoms with E-state index >= 15 is 0 Å². The first-order valence-corrected chi connectivity index (χ1v) is 14.4. The number of amides is 3. The molecule has 0 bridgehead atoms. The van der Waals surface area contributed by atoms with Gasteiger partial charge in [-0.25, -0.2) is 18.0 Å². The summed E-state index contributed by atoms with van der Waals surface area (Å²) in [5.41, 5.74) is -4.41. The number of carbonyl (C=O) groups excluding carboxylic acids is 3. The van der Waals surface area contributed by atoms with Crippen LogP contribution in [0.1, 0.15) is 53.7 Å². The van der Waals surface area contributed by atoms with Crippen LogP contribution >= 0.6 is 34.8 Å². The molecule has 0 unspecified atom stereocenters. The second kappa shape index (κ2) is 12.5. The van der Waals surface area contributed by atoms with Crippen molar-refractivity contribution in [3.63, 3.8) is 0 Å². The topological polar surface area (TPSA) is 96.5 Å². The quantitative estimate of drug-likeness (QED) is 0.176. The molecule has 16 heteroatoms. The van der Waals surface area contributed by atoms with Gasteiger partial charge in [-0.2, -0.15) is 13.2 Å². The van der Waals surface area contributed by atoms with Crippen molar-refractivity contribution in [1.29, 1.82) is 0 Å². The molecule has 0 aliphatic heterocycles. The van der Waals surface area contributed by atoms with Crippen LogP contribution in [0.25, 0.3) is 0 Å². The van der Waals surface area contributed by atoms with Crippen LogP contribution in [0.15, 0.2) is 42.5 Å². The zero-order valence-electron chi connectivity index (χ0n) is 24.2. The summed E-state index contributed by atoms with van der Waals surface area (Å²) in [5, 5.41) is 6.71. The number of anilines is 3. The van der Waals surface area contributed by atoms with E-state index in [0.717, 1.165) is 25.1 Å². The molecule has 1 saturated carbocycles. The van der Waals surface area contributed by atoms with Gasteiger partial charge in [0.05, 0.1) is 33.4 Å². The molecule has 4 rings (SSSR count). The predicted octanol–water partition coefficient (Wildman–Crippen LogP) is 9.21. The van der Waals surface area contributed by atoms with Gasteiger partial charge in [-0.05, 0) is 69.7 Å². The van der Waals surface area contributed by atoms with Crippen LogP contribution in [0.2, 0.25) is 5.02 Å². The zero-order valence-corrected chi connectivity index (χ0v) is 26.5. The summed E-state index contributed by atoms with van der Waals surface area (Å²) >= 11 is 18.6. The molecule has 3 aromatic carbocycles. The second-order valence-corrected chi connectivity index (χ2v) is 13.2. The maximum atomic E-state index is 14.9. The maximum absolute atomic E-state index is 14.9. The molecule has 0 saturated heterocycles. The lowest BCUT2D eigenvalue weighted by Crippen LogP contribution is -2.27. The third-order valence-electron chi connectivity index (χ3n) is 6.77. The van der Waals surface area contributed by atoms with Crippen molar-refractivity contribution in [1.82, 2.24) is 0 Å². The molecule has 3 amide bonds. The zero-order chi connectivity index (χ0) is 34.5. The Morgan fingerprint density at radius 3 is 2.07 bits per heavy atom. The highest BCUT2D eigenvalue weighted by molar-refractivity contribution is 6.53. The normalized spacial score (nSPS) is 17.2. The van der Waals surface area contributed by atoms with Crippen LogP contribution in [0.3, 0.4) is 0 Å². The Balaban J connectivity index is 1.54. The second-order valence-electron chi connectivity index (χ2n) is 11.4. The summed E-state index contributed by atoms with van der Waals surface area (Å²) in [7, 11) is 0. The van der Waals surface area contributed by atoms with E-state index in [1.165, 1.54) is 12.1 Å². The number of hydrogen-bond acceptors (Lipinski definition) is 4. The van der Waals surface area contributed by atoms with E-state index in [0.29, 0.717) is 12.1 Å². The Kier molecular flexibility index (Phi) is 9.56. The van der Waals surface area contributed by atoms with Crippen LogP contribution in [0, 0.1) is 30.3 Å². The number of ether oxygens (including phenoxy) is 1. The van der Waals surface area contributed by atoms with E-state index in [4.69, 9.17) is 39.5 Å². The molecule has 3 aromatic rings. The van der Waals surface area contributed by atoms with Crippen molar-refractivity contribution in [3.05, 3.63) is 87.2 Å². The number of nitrogens with one attached hydrogen (secondary N) is 3. The van der Waals surface area contributed by atoms with Crippen LogP contribution < -0.4 is 16.0 Å². The molecule has 1 aliphatic rings. The van der Waals surface area contributed by atoms with Gasteiger partial charge in [0.15, 0.2) is 11.6 Å². The average Bonchev–Trinajstić information content (AvgIpc) is 3.51. The number of carbonyl (C=O) groups is 3. The van der Waals surface area contributed by atoms with Crippen molar-refractivity contribution < 1.29 is 45.5 Å². The monoisotopic (exact) mass is 709 g/mol. The van der Waals surface area contributed by atoms with Gasteiger partial charge in [-0.1, -0.05) is 17.7 Å². The van der Waals surface area contributed by atoms with E-state index in [1.54, 1.807) is 20.8 Å². The fourth-order valence-corrected chi connectivity index (χ4v) is 5.61. The lowest BCUT2D eigenvalue weighted by molar-refractivity contribution is -0.140. The van der Waals surface area contributed by atoms with Gasteiger partial charge >= 0.3 is 12.3 Å². The number of alkyl halides is 5. The number of hydrogen-bond donors (Lipinski definition) is 3. The molecule has 0 spiro atoms. The summed E-state index contributed by atoms with van der Waals surface area (Å²) in [6, 6.07) is 6.64. The highest BCUT2D eigenvalue weighted by atomic mass is 35.5. The van der Waals surface area contributed by atoms with E-state index in [1.807, 2.05) is 0 Å². The Morgan fingerprint density at radius 1 is 0.870 bits per heavy atom. The van der Waals surface area contributed by atoms with Gasteiger partial charge < -0.3 is 15.4 Å². The largest absolute Gasteiger partial charge is 0.444 e. The Labute approximate surface area is 273 Å². The van der Waals surface area contributed by atoms with Crippen molar-refractivity contribution in [2.45, 2.75) is 49.7 Å². The standard InChI is InChI=1S/C30H24Cl3F6N3O4/c1-12-23(35)19(11-20(24(12)36)42-27(45)46-28(2,3)4)41-25(43)15-10-14(6-7-17(15)31)40-26(44)22-21(29(22,32)33)13-5-8-18(34)16(9-13)30(37,38)39/h5-11,21-22H,1-4H3,(H,40,44)(H,41,43)(H,42,45)/t21-,22+/m0/s1. The van der Waals surface area contributed by atoms with E-state index < -0.39 is 85.8 Å². The van der Waals surface area contributed by atoms with Crippen molar-refractivity contribution in [2.24, 2.45) is 5.92 Å². The van der Waals surface area contributed by atoms with Gasteiger partial charge in [0.25, 0.3) is 5.91 Å². The smallest absolute Gasteiger partial charge is 0.419 e. The molecular formula is C30H24Cl3F6N3O4. The van der Waals surface area contributed by atoms with E-state index in [2.05, 4.69) is 16.0 Å². The first-order chi connectivity index (χ1) is 21.1. The van der Waals surface area contributed by atoms with Gasteiger partial charge in [0.2, 0.25) is 5.91 Å². The van der Waals surface area contributed by atoms with Crippen molar-refractivity contribution >= 4 is 69.8 Å². The first-order valence-electron chi connectivity index (χ1n) is 13.3. The molecule has 46 heavy (non-hydrogen) atoms. The Hall–Kier alpha value is -3.68. The highest BCUT2D eigenvalue weighted by Gasteiger charge is 2.67. The van der Waals surface area contributed by atoms with Crippen molar-refractivity contribution in [2.75, 3.05) is 16.0 Å². The molecule has 3 N–H and O–H groups in total. The van der Waals surface area contributed by atoms with E-state index in [-0.39, 0.29) is 21.8 Å². The van der Waals surface area contributed by atoms with Gasteiger partial charge in [0.1, 0.15) is 15.8 Å². The molecule has 246 valence electrons. The minimum atomic E-state index is -5.00. The Bertz CT molecular complexity index is 1740. The van der Waals surface area contributed by atoms with Crippen molar-refractivity contribution in [3.8, 4) is 0 Å². The van der Waals surface area contributed by atoms with Crippen LogP contribution in [0.5, 0.6) is 0 Å². The van der Waals surface area contributed by atoms with Crippen LogP contribution in [-0.2, 0) is 15.7 Å². The predicted molar refractivity (Wildman–Crippen MR) is 161 cm³/mol. The van der Waals surface area contributed by atoms with Crippen LogP contribution in [0.4, 0.5) is 48.2 Å². The fraction of sp³-hybridized carbons (Fsp3) is 0.300. The Morgan fingerprint density at radius 2 is 1.48 bits per heavy atom. The van der Waals surface area contributed by atoms with Crippen LogP contribution in [-0.4, -0.2) is 27.8 Å². The third-order valence-corrected chi connectivity index (χ3v) is 8.04. The highest BCUT2D eigenvalue weighted by Crippen LogP contribution is 2.65. The number of halogens is 9. The molecule has 0 heterocycles. The van der Waals surface area contributed by atoms with Gasteiger partial charge in [-0.3, -0.25) is 14.9 Å². The molecule has 1 fully saturated rings. The number of benzene rings is 3. The fourth-order valence-electron chi connectivity index (χ4n) is 4.57. The molecule has 2 atom stereocenters. The molecule has 1 aliphatic carbocycles. The summed E-state index contributed by atoms with van der Waals surface area (Å²) in [6.45, 7) is 5.81.